The second kappa shape index (κ2) is 9.13. The number of benzene rings is 2. The largest absolute Gasteiger partial charge is 0.493 e. The Kier molecular flexibility index (Phi) is 6.36. The van der Waals surface area contributed by atoms with E-state index in [0.717, 1.165) is 33.0 Å². The van der Waals surface area contributed by atoms with Crippen LogP contribution >= 0.6 is 0 Å². The molecule has 0 aliphatic heterocycles. The predicted molar refractivity (Wildman–Crippen MR) is 136 cm³/mol. The van der Waals surface area contributed by atoms with Crippen molar-refractivity contribution in [1.29, 1.82) is 0 Å². The minimum absolute atomic E-state index is 0.0774. The minimum atomic E-state index is -0.513. The molecule has 4 rings (SSSR count). The molecule has 0 aliphatic rings. The Morgan fingerprint density at radius 3 is 2.34 bits per heavy atom. The van der Waals surface area contributed by atoms with Gasteiger partial charge in [-0.3, -0.25) is 4.79 Å². The standard InChI is InChI=1S/C28H31NO6/c1-15-18-11-20-21(28(3,4)5)14-34-25(20)16(2)26(18)35-27(31)19(15)12-24(30)29-13-17-8-9-22(32-6)23(10-17)33-7/h8-11,14H,12-13H2,1-7H3,(H,29,30). The monoisotopic (exact) mass is 477 g/mol. The second-order valence-corrected chi connectivity index (χ2v) is 9.79. The summed E-state index contributed by atoms with van der Waals surface area (Å²) in [4.78, 5) is 25.6. The van der Waals surface area contributed by atoms with Gasteiger partial charge in [-0.15, -0.1) is 0 Å². The summed E-state index contributed by atoms with van der Waals surface area (Å²) in [7, 11) is 3.13. The zero-order chi connectivity index (χ0) is 25.5. The third-order valence-electron chi connectivity index (χ3n) is 6.42. The Morgan fingerprint density at radius 1 is 0.971 bits per heavy atom. The highest BCUT2D eigenvalue weighted by Gasteiger charge is 2.24. The predicted octanol–water partition coefficient (Wildman–Crippen LogP) is 5.33. The molecule has 1 amide bonds. The van der Waals surface area contributed by atoms with E-state index in [-0.39, 0.29) is 17.7 Å². The maximum absolute atomic E-state index is 12.9. The Labute approximate surface area is 204 Å². The number of rotatable bonds is 6. The number of carbonyl (C=O) groups excluding carboxylic acids is 1. The van der Waals surface area contributed by atoms with E-state index in [1.165, 1.54) is 0 Å². The summed E-state index contributed by atoms with van der Waals surface area (Å²) in [6, 6.07) is 7.45. The van der Waals surface area contributed by atoms with Gasteiger partial charge in [-0.2, -0.15) is 0 Å². The molecule has 0 saturated carbocycles. The maximum atomic E-state index is 12.9. The van der Waals surface area contributed by atoms with Crippen molar-refractivity contribution in [2.24, 2.45) is 0 Å². The van der Waals surface area contributed by atoms with Crippen molar-refractivity contribution in [1.82, 2.24) is 5.32 Å². The molecule has 0 spiro atoms. The third-order valence-corrected chi connectivity index (χ3v) is 6.42. The average Bonchev–Trinajstić information content (AvgIpc) is 3.26. The molecule has 2 aromatic heterocycles. The molecule has 0 aliphatic carbocycles. The number of aryl methyl sites for hydroxylation is 2. The Hall–Kier alpha value is -3.74. The fourth-order valence-corrected chi connectivity index (χ4v) is 4.40. The van der Waals surface area contributed by atoms with Gasteiger partial charge in [0.2, 0.25) is 5.91 Å². The van der Waals surface area contributed by atoms with Crippen molar-refractivity contribution in [3.05, 3.63) is 68.8 Å². The topological polar surface area (TPSA) is 90.9 Å². The summed E-state index contributed by atoms with van der Waals surface area (Å²) >= 11 is 0. The SMILES string of the molecule is COc1ccc(CNC(=O)Cc2c(C)c3cc4c(C(C)(C)C)coc4c(C)c3oc2=O)cc1OC. The first-order chi connectivity index (χ1) is 16.5. The lowest BCUT2D eigenvalue weighted by molar-refractivity contribution is -0.120. The fraction of sp³-hybridized carbons (Fsp3) is 0.357. The number of hydrogen-bond donors (Lipinski definition) is 1. The lowest BCUT2D eigenvalue weighted by Gasteiger charge is -2.17. The highest BCUT2D eigenvalue weighted by molar-refractivity contribution is 6.00. The number of fused-ring (bicyclic) bond motifs is 2. The number of hydrogen-bond acceptors (Lipinski definition) is 6. The van der Waals surface area contributed by atoms with Crippen LogP contribution in [0, 0.1) is 13.8 Å². The van der Waals surface area contributed by atoms with Gasteiger partial charge >= 0.3 is 5.63 Å². The van der Waals surface area contributed by atoms with E-state index in [1.807, 2.05) is 26.0 Å². The average molecular weight is 478 g/mol. The van der Waals surface area contributed by atoms with E-state index < -0.39 is 5.63 Å². The summed E-state index contributed by atoms with van der Waals surface area (Å²) in [5.74, 6) is 0.926. The van der Waals surface area contributed by atoms with Crippen molar-refractivity contribution in [3.8, 4) is 11.5 Å². The van der Waals surface area contributed by atoms with E-state index in [0.29, 0.717) is 34.8 Å². The van der Waals surface area contributed by atoms with Crippen molar-refractivity contribution < 1.29 is 23.1 Å². The maximum Gasteiger partial charge on any atom is 0.340 e. The van der Waals surface area contributed by atoms with E-state index in [2.05, 4.69) is 26.1 Å². The molecular weight excluding hydrogens is 446 g/mol. The molecular formula is C28H31NO6. The van der Waals surface area contributed by atoms with Gasteiger partial charge in [0.1, 0.15) is 11.2 Å². The van der Waals surface area contributed by atoms with Crippen LogP contribution in [0.4, 0.5) is 0 Å². The highest BCUT2D eigenvalue weighted by atomic mass is 16.5. The first kappa shape index (κ1) is 24.4. The van der Waals surface area contributed by atoms with Crippen molar-refractivity contribution in [2.45, 2.75) is 53.0 Å². The van der Waals surface area contributed by atoms with Crippen LogP contribution in [-0.2, 0) is 23.2 Å². The quantitative estimate of drug-likeness (QED) is 0.378. The van der Waals surface area contributed by atoms with E-state index in [4.69, 9.17) is 18.3 Å². The Balaban J connectivity index is 1.64. The van der Waals surface area contributed by atoms with Gasteiger partial charge in [-0.25, -0.2) is 4.79 Å². The minimum Gasteiger partial charge on any atom is -0.493 e. The smallest absolute Gasteiger partial charge is 0.340 e. The second-order valence-electron chi connectivity index (χ2n) is 9.79. The van der Waals surface area contributed by atoms with Crippen LogP contribution in [0.3, 0.4) is 0 Å². The molecule has 1 N–H and O–H groups in total. The highest BCUT2D eigenvalue weighted by Crippen LogP contribution is 2.37. The lowest BCUT2D eigenvalue weighted by Crippen LogP contribution is -2.27. The molecule has 0 fully saturated rings. The Morgan fingerprint density at radius 2 is 1.69 bits per heavy atom. The van der Waals surface area contributed by atoms with Gasteiger partial charge in [0.05, 0.1) is 32.5 Å². The van der Waals surface area contributed by atoms with Crippen LogP contribution in [0.5, 0.6) is 11.5 Å². The van der Waals surface area contributed by atoms with Gasteiger partial charge in [-0.1, -0.05) is 26.8 Å². The number of amides is 1. The summed E-state index contributed by atoms with van der Waals surface area (Å²) in [6.07, 6.45) is 1.69. The molecule has 7 nitrogen and oxygen atoms in total. The Bertz CT molecular complexity index is 1490. The summed E-state index contributed by atoms with van der Waals surface area (Å²) in [5.41, 5.74) is 4.38. The number of furan rings is 1. The molecule has 184 valence electrons. The normalized spacial score (nSPS) is 11.7. The fourth-order valence-electron chi connectivity index (χ4n) is 4.40. The van der Waals surface area contributed by atoms with Crippen LogP contribution in [0.1, 0.15) is 48.6 Å². The zero-order valence-corrected chi connectivity index (χ0v) is 21.3. The zero-order valence-electron chi connectivity index (χ0n) is 21.3. The van der Waals surface area contributed by atoms with Crippen LogP contribution in [0.25, 0.3) is 21.9 Å². The molecule has 0 atom stereocenters. The van der Waals surface area contributed by atoms with E-state index in [9.17, 15) is 9.59 Å². The first-order valence-corrected chi connectivity index (χ1v) is 11.5. The van der Waals surface area contributed by atoms with Gasteiger partial charge in [-0.05, 0) is 48.6 Å². The van der Waals surface area contributed by atoms with Gasteiger partial charge in [0.25, 0.3) is 0 Å². The van der Waals surface area contributed by atoms with Crippen molar-refractivity contribution >= 4 is 27.8 Å². The number of nitrogens with one attached hydrogen (secondary N) is 1. The van der Waals surface area contributed by atoms with Crippen LogP contribution in [0.2, 0.25) is 0 Å². The van der Waals surface area contributed by atoms with E-state index >= 15 is 0 Å². The molecule has 0 radical (unpaired) electrons. The molecule has 35 heavy (non-hydrogen) atoms. The van der Waals surface area contributed by atoms with E-state index in [1.54, 1.807) is 32.6 Å². The molecule has 7 heteroatoms. The molecule has 0 saturated heterocycles. The third kappa shape index (κ3) is 4.50. The molecule has 0 unspecified atom stereocenters. The number of ether oxygens (including phenoxy) is 2. The first-order valence-electron chi connectivity index (χ1n) is 11.5. The molecule has 0 bridgehead atoms. The van der Waals surface area contributed by atoms with Crippen LogP contribution in [-0.4, -0.2) is 20.1 Å². The summed E-state index contributed by atoms with van der Waals surface area (Å²) in [6.45, 7) is 10.4. The van der Waals surface area contributed by atoms with Crippen molar-refractivity contribution in [2.75, 3.05) is 14.2 Å². The lowest BCUT2D eigenvalue weighted by atomic mass is 9.86. The van der Waals surface area contributed by atoms with Crippen LogP contribution < -0.4 is 20.4 Å². The molecule has 2 heterocycles. The van der Waals surface area contributed by atoms with Gasteiger partial charge < -0.3 is 23.6 Å². The number of carbonyl (C=O) groups is 1. The van der Waals surface area contributed by atoms with Crippen LogP contribution in [0.15, 0.2) is 44.2 Å². The summed E-state index contributed by atoms with van der Waals surface area (Å²) in [5, 5.41) is 4.67. The van der Waals surface area contributed by atoms with Gasteiger partial charge in [0.15, 0.2) is 11.5 Å². The summed E-state index contributed by atoms with van der Waals surface area (Å²) < 4.78 is 22.1. The number of methoxy groups -OCH3 is 2. The van der Waals surface area contributed by atoms with Crippen molar-refractivity contribution in [3.63, 3.8) is 0 Å². The van der Waals surface area contributed by atoms with Gasteiger partial charge in [0, 0.05) is 28.4 Å². The molecule has 2 aromatic carbocycles. The molecule has 4 aromatic rings.